The van der Waals surface area contributed by atoms with Crippen LogP contribution in [-0.4, -0.2) is 42.4 Å². The summed E-state index contributed by atoms with van der Waals surface area (Å²) in [6.45, 7) is 2.80. The fraction of sp³-hybridized carbons (Fsp3) is 0.600. The fourth-order valence-electron chi connectivity index (χ4n) is 2.58. The van der Waals surface area contributed by atoms with Crippen LogP contribution in [0.5, 0.6) is 5.75 Å². The molecule has 0 aromatic heterocycles. The minimum Gasteiger partial charge on any atom is -0.492 e. The first-order chi connectivity index (χ1) is 9.29. The van der Waals surface area contributed by atoms with Gasteiger partial charge < -0.3 is 9.84 Å². The molecule has 4 heteroatoms. The van der Waals surface area contributed by atoms with Gasteiger partial charge in [0.25, 0.3) is 0 Å². The van der Waals surface area contributed by atoms with Crippen molar-refractivity contribution in [1.29, 1.82) is 0 Å². The molecule has 0 radical (unpaired) electrons. The molecule has 0 spiro atoms. The molecule has 1 unspecified atom stereocenters. The standard InChI is InChI=1S/C15H22ClNO2/c16-13-5-4-7-15(11-13)19-10-9-17-8-3-1-2-6-14(17)12-18/h4-5,7,11,14,18H,1-3,6,8-10,12H2. The van der Waals surface area contributed by atoms with Gasteiger partial charge in [-0.15, -0.1) is 0 Å². The van der Waals surface area contributed by atoms with Crippen LogP contribution in [0, 0.1) is 0 Å². The van der Waals surface area contributed by atoms with E-state index in [1.165, 1.54) is 19.3 Å². The van der Waals surface area contributed by atoms with Crippen molar-refractivity contribution < 1.29 is 9.84 Å². The summed E-state index contributed by atoms with van der Waals surface area (Å²) in [5, 5.41) is 10.1. The van der Waals surface area contributed by atoms with Crippen molar-refractivity contribution in [1.82, 2.24) is 4.90 Å². The highest BCUT2D eigenvalue weighted by atomic mass is 35.5. The zero-order chi connectivity index (χ0) is 13.5. The third kappa shape index (κ3) is 4.68. The Labute approximate surface area is 120 Å². The lowest BCUT2D eigenvalue weighted by Crippen LogP contribution is -2.40. The van der Waals surface area contributed by atoms with E-state index in [0.717, 1.165) is 25.3 Å². The molecule has 106 valence electrons. The molecule has 1 aromatic carbocycles. The molecule has 0 saturated carbocycles. The average molecular weight is 284 g/mol. The molecule has 1 heterocycles. The first-order valence-corrected chi connectivity index (χ1v) is 7.40. The minimum atomic E-state index is 0.247. The minimum absolute atomic E-state index is 0.247. The number of aliphatic hydroxyl groups is 1. The summed E-state index contributed by atoms with van der Waals surface area (Å²) in [5.74, 6) is 0.808. The second kappa shape index (κ2) is 7.73. The predicted molar refractivity (Wildman–Crippen MR) is 77.9 cm³/mol. The Bertz CT molecular complexity index is 386. The van der Waals surface area contributed by atoms with Crippen molar-refractivity contribution in [2.24, 2.45) is 0 Å². The molecule has 0 bridgehead atoms. The number of nitrogens with zero attached hydrogens (tertiary/aromatic N) is 1. The van der Waals surface area contributed by atoms with Crippen molar-refractivity contribution in [3.8, 4) is 5.75 Å². The molecular weight excluding hydrogens is 262 g/mol. The third-order valence-electron chi connectivity index (χ3n) is 3.65. The second-order valence-electron chi connectivity index (χ2n) is 5.03. The topological polar surface area (TPSA) is 32.7 Å². The predicted octanol–water partition coefficient (Wildman–Crippen LogP) is 2.96. The molecule has 1 aliphatic heterocycles. The van der Waals surface area contributed by atoms with Gasteiger partial charge in [0.15, 0.2) is 0 Å². The molecule has 1 N–H and O–H groups in total. The van der Waals surface area contributed by atoms with Gasteiger partial charge in [-0.05, 0) is 37.6 Å². The van der Waals surface area contributed by atoms with Gasteiger partial charge in [-0.25, -0.2) is 0 Å². The van der Waals surface area contributed by atoms with Gasteiger partial charge in [-0.2, -0.15) is 0 Å². The molecule has 19 heavy (non-hydrogen) atoms. The van der Waals surface area contributed by atoms with Crippen LogP contribution in [0.4, 0.5) is 0 Å². The normalized spacial score (nSPS) is 21.1. The first kappa shape index (κ1) is 14.6. The number of hydrogen-bond donors (Lipinski definition) is 1. The van der Waals surface area contributed by atoms with E-state index < -0.39 is 0 Å². The van der Waals surface area contributed by atoms with Crippen molar-refractivity contribution in [2.75, 3.05) is 26.3 Å². The Morgan fingerprint density at radius 3 is 3.00 bits per heavy atom. The molecule has 1 saturated heterocycles. The van der Waals surface area contributed by atoms with Crippen molar-refractivity contribution in [3.63, 3.8) is 0 Å². The number of halogens is 1. The van der Waals surface area contributed by atoms with E-state index >= 15 is 0 Å². The van der Waals surface area contributed by atoms with E-state index in [9.17, 15) is 5.11 Å². The number of hydrogen-bond acceptors (Lipinski definition) is 3. The zero-order valence-electron chi connectivity index (χ0n) is 11.2. The molecule has 1 aromatic rings. The third-order valence-corrected chi connectivity index (χ3v) is 3.89. The first-order valence-electron chi connectivity index (χ1n) is 7.03. The van der Waals surface area contributed by atoms with Crippen LogP contribution in [0.1, 0.15) is 25.7 Å². The van der Waals surface area contributed by atoms with Crippen molar-refractivity contribution in [2.45, 2.75) is 31.7 Å². The van der Waals surface area contributed by atoms with Crippen molar-refractivity contribution in [3.05, 3.63) is 29.3 Å². The van der Waals surface area contributed by atoms with Gasteiger partial charge in [-0.1, -0.05) is 30.5 Å². The van der Waals surface area contributed by atoms with Crippen LogP contribution < -0.4 is 4.74 Å². The maximum Gasteiger partial charge on any atom is 0.120 e. The average Bonchev–Trinajstić information content (AvgIpc) is 2.64. The Kier molecular flexibility index (Phi) is 5.95. The maximum absolute atomic E-state index is 9.44. The van der Waals surface area contributed by atoms with Crippen LogP contribution in [0.2, 0.25) is 5.02 Å². The molecule has 1 fully saturated rings. The summed E-state index contributed by atoms with van der Waals surface area (Å²) in [6.07, 6.45) is 4.79. The van der Waals surface area contributed by atoms with Crippen LogP contribution in [0.25, 0.3) is 0 Å². The summed E-state index contributed by atoms with van der Waals surface area (Å²) in [7, 11) is 0. The lowest BCUT2D eigenvalue weighted by atomic mass is 10.1. The lowest BCUT2D eigenvalue weighted by molar-refractivity contribution is 0.108. The highest BCUT2D eigenvalue weighted by Crippen LogP contribution is 2.18. The number of likely N-dealkylation sites (tertiary alicyclic amines) is 1. The highest BCUT2D eigenvalue weighted by molar-refractivity contribution is 6.30. The van der Waals surface area contributed by atoms with Crippen LogP contribution in [-0.2, 0) is 0 Å². The molecule has 1 aliphatic rings. The molecule has 2 rings (SSSR count). The molecule has 0 amide bonds. The summed E-state index contributed by atoms with van der Waals surface area (Å²) in [6, 6.07) is 7.77. The Hall–Kier alpha value is -0.770. The van der Waals surface area contributed by atoms with E-state index in [4.69, 9.17) is 16.3 Å². The second-order valence-corrected chi connectivity index (χ2v) is 5.46. The van der Waals surface area contributed by atoms with E-state index in [0.29, 0.717) is 17.7 Å². The Morgan fingerprint density at radius 1 is 1.32 bits per heavy atom. The zero-order valence-corrected chi connectivity index (χ0v) is 12.0. The summed E-state index contributed by atoms with van der Waals surface area (Å²) >= 11 is 5.92. The summed E-state index contributed by atoms with van der Waals surface area (Å²) in [4.78, 5) is 2.34. The van der Waals surface area contributed by atoms with Gasteiger partial charge in [-0.3, -0.25) is 4.90 Å². The summed E-state index contributed by atoms with van der Waals surface area (Å²) < 4.78 is 5.72. The summed E-state index contributed by atoms with van der Waals surface area (Å²) in [5.41, 5.74) is 0. The van der Waals surface area contributed by atoms with Crippen molar-refractivity contribution >= 4 is 11.6 Å². The van der Waals surface area contributed by atoms with Gasteiger partial charge in [0, 0.05) is 17.6 Å². The molecular formula is C15H22ClNO2. The SMILES string of the molecule is OCC1CCCCCN1CCOc1cccc(Cl)c1. The van der Waals surface area contributed by atoms with E-state index in [1.807, 2.05) is 24.3 Å². The van der Waals surface area contributed by atoms with Gasteiger partial charge in [0.1, 0.15) is 12.4 Å². The van der Waals surface area contributed by atoms with E-state index in [1.54, 1.807) is 0 Å². The van der Waals surface area contributed by atoms with Crippen LogP contribution in [0.3, 0.4) is 0 Å². The van der Waals surface area contributed by atoms with Crippen LogP contribution in [0.15, 0.2) is 24.3 Å². The molecule has 1 atom stereocenters. The van der Waals surface area contributed by atoms with Crippen LogP contribution >= 0.6 is 11.6 Å². The smallest absolute Gasteiger partial charge is 0.120 e. The molecule has 3 nitrogen and oxygen atoms in total. The van der Waals surface area contributed by atoms with E-state index in [-0.39, 0.29) is 6.61 Å². The number of ether oxygens (including phenoxy) is 1. The number of aliphatic hydroxyl groups excluding tert-OH is 1. The largest absolute Gasteiger partial charge is 0.492 e. The fourth-order valence-corrected chi connectivity index (χ4v) is 2.76. The Balaban J connectivity index is 1.80. The van der Waals surface area contributed by atoms with Gasteiger partial charge in [0.05, 0.1) is 6.61 Å². The monoisotopic (exact) mass is 283 g/mol. The lowest BCUT2D eigenvalue weighted by Gasteiger charge is -2.28. The number of benzene rings is 1. The highest BCUT2D eigenvalue weighted by Gasteiger charge is 2.19. The Morgan fingerprint density at radius 2 is 2.21 bits per heavy atom. The van der Waals surface area contributed by atoms with Gasteiger partial charge >= 0.3 is 0 Å². The quantitative estimate of drug-likeness (QED) is 0.902. The van der Waals surface area contributed by atoms with E-state index in [2.05, 4.69) is 4.90 Å². The van der Waals surface area contributed by atoms with Gasteiger partial charge in [0.2, 0.25) is 0 Å². The molecule has 0 aliphatic carbocycles. The number of rotatable bonds is 5. The maximum atomic E-state index is 9.44.